The van der Waals surface area contributed by atoms with Gasteiger partial charge in [-0.05, 0) is 18.2 Å². The number of hydrogen-bond donors (Lipinski definition) is 4. The van der Waals surface area contributed by atoms with Crippen LogP contribution in [0.25, 0.3) is 0 Å². The smallest absolute Gasteiger partial charge is 0.308 e. The normalized spacial score (nSPS) is 11.8. The van der Waals surface area contributed by atoms with Crippen LogP contribution in [0.2, 0.25) is 0 Å². The maximum atomic E-state index is 11.5. The predicted molar refractivity (Wildman–Crippen MR) is 58.9 cm³/mol. The Hall–Kier alpha value is -2.24. The summed E-state index contributed by atoms with van der Waals surface area (Å²) in [4.78, 5) is 22.1. The Balaban J connectivity index is 2.64. The molecule has 0 aliphatic rings. The van der Waals surface area contributed by atoms with Gasteiger partial charge in [-0.1, -0.05) is 6.92 Å². The molecule has 1 rings (SSSR count). The zero-order valence-electron chi connectivity index (χ0n) is 9.17. The third-order valence-corrected chi connectivity index (χ3v) is 2.23. The highest BCUT2D eigenvalue weighted by molar-refractivity contribution is 5.95. The Bertz CT molecular complexity index is 443. The molecule has 0 aliphatic heterocycles. The van der Waals surface area contributed by atoms with Crippen LogP contribution >= 0.6 is 0 Å². The van der Waals surface area contributed by atoms with Crippen LogP contribution in [-0.4, -0.2) is 33.7 Å². The highest BCUT2D eigenvalue weighted by Crippen LogP contribution is 2.24. The molecule has 0 saturated carbocycles. The second-order valence-corrected chi connectivity index (χ2v) is 3.65. The van der Waals surface area contributed by atoms with Gasteiger partial charge in [0.05, 0.1) is 5.92 Å². The minimum atomic E-state index is -1.00. The van der Waals surface area contributed by atoms with Crippen molar-refractivity contribution in [1.29, 1.82) is 0 Å². The topological polar surface area (TPSA) is 107 Å². The Morgan fingerprint density at radius 3 is 2.47 bits per heavy atom. The minimum absolute atomic E-state index is 0.00416. The Kier molecular flexibility index (Phi) is 3.92. The van der Waals surface area contributed by atoms with Gasteiger partial charge < -0.3 is 20.6 Å². The van der Waals surface area contributed by atoms with Crippen molar-refractivity contribution in [2.75, 3.05) is 6.54 Å². The summed E-state index contributed by atoms with van der Waals surface area (Å²) < 4.78 is 0. The van der Waals surface area contributed by atoms with E-state index in [-0.39, 0.29) is 17.9 Å². The van der Waals surface area contributed by atoms with Crippen molar-refractivity contribution < 1.29 is 24.9 Å². The van der Waals surface area contributed by atoms with E-state index in [1.807, 2.05) is 0 Å². The fraction of sp³-hybridized carbons (Fsp3) is 0.273. The number of carbonyl (C=O) groups excluding carboxylic acids is 1. The fourth-order valence-electron chi connectivity index (χ4n) is 1.10. The summed E-state index contributed by atoms with van der Waals surface area (Å²) in [6, 6.07) is 3.62. The van der Waals surface area contributed by atoms with E-state index in [1.54, 1.807) is 0 Å². The molecule has 0 spiro atoms. The first-order valence-electron chi connectivity index (χ1n) is 4.94. The number of hydrogen-bond acceptors (Lipinski definition) is 4. The van der Waals surface area contributed by atoms with Gasteiger partial charge in [-0.15, -0.1) is 0 Å². The maximum absolute atomic E-state index is 11.5. The van der Waals surface area contributed by atoms with E-state index < -0.39 is 23.5 Å². The van der Waals surface area contributed by atoms with Crippen LogP contribution < -0.4 is 5.32 Å². The summed E-state index contributed by atoms with van der Waals surface area (Å²) in [7, 11) is 0. The van der Waals surface area contributed by atoms with Gasteiger partial charge in [0.25, 0.3) is 5.91 Å². The SMILES string of the molecule is CC(CNC(=O)c1ccc(O)c(O)c1)C(=O)O. The van der Waals surface area contributed by atoms with Crippen molar-refractivity contribution in [2.24, 2.45) is 5.92 Å². The number of benzene rings is 1. The number of phenols is 2. The summed E-state index contributed by atoms with van der Waals surface area (Å²) in [5.41, 5.74) is 0.151. The zero-order valence-corrected chi connectivity index (χ0v) is 9.17. The second-order valence-electron chi connectivity index (χ2n) is 3.65. The molecule has 1 atom stereocenters. The molecule has 1 amide bonds. The number of nitrogens with one attached hydrogen (secondary N) is 1. The summed E-state index contributed by atoms with van der Waals surface area (Å²) in [6.07, 6.45) is 0. The lowest BCUT2D eigenvalue weighted by Gasteiger charge is -2.08. The van der Waals surface area contributed by atoms with Gasteiger partial charge in [0.1, 0.15) is 0 Å². The largest absolute Gasteiger partial charge is 0.504 e. The highest BCUT2D eigenvalue weighted by atomic mass is 16.4. The van der Waals surface area contributed by atoms with Crippen molar-refractivity contribution in [3.8, 4) is 11.5 Å². The Morgan fingerprint density at radius 2 is 1.94 bits per heavy atom. The lowest BCUT2D eigenvalue weighted by Crippen LogP contribution is -2.31. The third-order valence-electron chi connectivity index (χ3n) is 2.23. The lowest BCUT2D eigenvalue weighted by atomic mass is 10.1. The van der Waals surface area contributed by atoms with Crippen LogP contribution in [0.1, 0.15) is 17.3 Å². The number of carboxylic acids is 1. The monoisotopic (exact) mass is 239 g/mol. The van der Waals surface area contributed by atoms with Crippen molar-refractivity contribution in [3.63, 3.8) is 0 Å². The van der Waals surface area contributed by atoms with Gasteiger partial charge in [-0.3, -0.25) is 9.59 Å². The van der Waals surface area contributed by atoms with Crippen LogP contribution in [0.15, 0.2) is 18.2 Å². The van der Waals surface area contributed by atoms with E-state index in [0.29, 0.717) is 0 Å². The van der Waals surface area contributed by atoms with E-state index in [2.05, 4.69) is 5.32 Å². The van der Waals surface area contributed by atoms with Crippen LogP contribution in [0.5, 0.6) is 11.5 Å². The molecule has 0 fully saturated rings. The molecule has 1 aromatic carbocycles. The molecular formula is C11H13NO5. The number of phenolic OH excluding ortho intramolecular Hbond substituents is 2. The molecule has 1 unspecified atom stereocenters. The van der Waals surface area contributed by atoms with E-state index in [4.69, 9.17) is 10.2 Å². The van der Waals surface area contributed by atoms with Crippen molar-refractivity contribution in [3.05, 3.63) is 23.8 Å². The number of rotatable bonds is 4. The lowest BCUT2D eigenvalue weighted by molar-refractivity contribution is -0.140. The first kappa shape index (κ1) is 12.8. The van der Waals surface area contributed by atoms with E-state index >= 15 is 0 Å². The van der Waals surface area contributed by atoms with E-state index in [1.165, 1.54) is 19.1 Å². The highest BCUT2D eigenvalue weighted by Gasteiger charge is 2.13. The molecule has 0 bridgehead atoms. The van der Waals surface area contributed by atoms with Crippen LogP contribution in [0.3, 0.4) is 0 Å². The van der Waals surface area contributed by atoms with Gasteiger partial charge in [-0.25, -0.2) is 0 Å². The summed E-state index contributed by atoms with van der Waals surface area (Å²) >= 11 is 0. The molecule has 4 N–H and O–H groups in total. The molecule has 17 heavy (non-hydrogen) atoms. The Labute approximate surface area is 97.5 Å². The van der Waals surface area contributed by atoms with Gasteiger partial charge in [-0.2, -0.15) is 0 Å². The predicted octanol–water partition coefficient (Wildman–Crippen LogP) is 0.548. The van der Waals surface area contributed by atoms with Crippen molar-refractivity contribution >= 4 is 11.9 Å². The van der Waals surface area contributed by atoms with Gasteiger partial charge in [0, 0.05) is 12.1 Å². The summed E-state index contributed by atoms with van der Waals surface area (Å²) in [6.45, 7) is 1.46. The van der Waals surface area contributed by atoms with Gasteiger partial charge in [0.15, 0.2) is 11.5 Å². The molecule has 92 valence electrons. The van der Waals surface area contributed by atoms with E-state index in [9.17, 15) is 14.7 Å². The quantitative estimate of drug-likeness (QED) is 0.574. The van der Waals surface area contributed by atoms with Crippen LogP contribution in [0, 0.1) is 5.92 Å². The van der Waals surface area contributed by atoms with Crippen molar-refractivity contribution in [1.82, 2.24) is 5.32 Å². The first-order chi connectivity index (χ1) is 7.91. The van der Waals surface area contributed by atoms with Gasteiger partial charge in [0.2, 0.25) is 0 Å². The molecule has 0 aliphatic carbocycles. The summed E-state index contributed by atoms with van der Waals surface area (Å²) in [5.74, 6) is -2.92. The minimum Gasteiger partial charge on any atom is -0.504 e. The Morgan fingerprint density at radius 1 is 1.29 bits per heavy atom. The van der Waals surface area contributed by atoms with E-state index in [0.717, 1.165) is 6.07 Å². The molecule has 0 heterocycles. The zero-order chi connectivity index (χ0) is 13.0. The van der Waals surface area contributed by atoms with Crippen LogP contribution in [0.4, 0.5) is 0 Å². The molecular weight excluding hydrogens is 226 g/mol. The molecule has 6 nitrogen and oxygen atoms in total. The molecule has 6 heteroatoms. The second kappa shape index (κ2) is 5.20. The molecule has 1 aromatic rings. The molecule has 0 radical (unpaired) electrons. The number of aromatic hydroxyl groups is 2. The molecule has 0 aromatic heterocycles. The van der Waals surface area contributed by atoms with Gasteiger partial charge >= 0.3 is 5.97 Å². The average molecular weight is 239 g/mol. The van der Waals surface area contributed by atoms with Crippen molar-refractivity contribution in [2.45, 2.75) is 6.92 Å². The fourth-order valence-corrected chi connectivity index (χ4v) is 1.10. The molecule has 0 saturated heterocycles. The number of aliphatic carboxylic acids is 1. The maximum Gasteiger partial charge on any atom is 0.308 e. The first-order valence-corrected chi connectivity index (χ1v) is 4.94. The third kappa shape index (κ3) is 3.37. The standard InChI is InChI=1S/C11H13NO5/c1-6(11(16)17)5-12-10(15)7-2-3-8(13)9(14)4-7/h2-4,6,13-14H,5H2,1H3,(H,12,15)(H,16,17). The number of amides is 1. The average Bonchev–Trinajstić information content (AvgIpc) is 2.28. The number of carboxylic acid groups (broad SMARTS) is 1. The van der Waals surface area contributed by atoms with Crippen LogP contribution in [-0.2, 0) is 4.79 Å². The summed E-state index contributed by atoms with van der Waals surface area (Å²) in [5, 5.41) is 29.3. The number of carbonyl (C=O) groups is 2.